The van der Waals surface area contributed by atoms with Gasteiger partial charge >= 0.3 is 0 Å². The first-order valence-electron chi connectivity index (χ1n) is 8.88. The topological polar surface area (TPSA) is 75.2 Å². The Kier molecular flexibility index (Phi) is 9.09. The second-order valence-electron chi connectivity index (χ2n) is 6.95. The van der Waals surface area contributed by atoms with Gasteiger partial charge in [0.05, 0.1) is 6.10 Å². The molecule has 0 spiro atoms. The summed E-state index contributed by atoms with van der Waals surface area (Å²) >= 11 is 0. The third kappa shape index (κ3) is 5.71. The van der Waals surface area contributed by atoms with Crippen molar-refractivity contribution in [3.8, 4) is 5.75 Å². The summed E-state index contributed by atoms with van der Waals surface area (Å²) in [6, 6.07) is 17.7. The molecule has 2 aromatic carbocycles. The van der Waals surface area contributed by atoms with E-state index in [9.17, 15) is 10.2 Å². The molecule has 144 valence electrons. The van der Waals surface area contributed by atoms with Crippen LogP contribution in [0.2, 0.25) is 0 Å². The average Bonchev–Trinajstić information content (AvgIpc) is 2.63. The van der Waals surface area contributed by atoms with E-state index < -0.39 is 6.10 Å². The third-order valence-corrected chi connectivity index (χ3v) is 5.28. The zero-order valence-corrected chi connectivity index (χ0v) is 16.0. The smallest absolute Gasteiger partial charge is 0.115 e. The Labute approximate surface area is 162 Å². The first kappa shape index (κ1) is 22.5. The predicted molar refractivity (Wildman–Crippen MR) is 108 cm³/mol. The van der Waals surface area contributed by atoms with E-state index in [2.05, 4.69) is 42.2 Å². The largest absolute Gasteiger partial charge is 0.508 e. The summed E-state index contributed by atoms with van der Waals surface area (Å²) in [4.78, 5) is 2.39. The van der Waals surface area contributed by atoms with E-state index in [4.69, 9.17) is 0 Å². The first-order chi connectivity index (χ1) is 11.6. The van der Waals surface area contributed by atoms with Gasteiger partial charge in [0.1, 0.15) is 5.75 Å². The maximum atomic E-state index is 10.6. The van der Waals surface area contributed by atoms with Crippen LogP contribution in [0.1, 0.15) is 37.0 Å². The Balaban J connectivity index is 0.00000169. The fraction of sp³-hybridized carbons (Fsp3) is 0.429. The molecule has 0 saturated carbocycles. The Morgan fingerprint density at radius 2 is 1.58 bits per heavy atom. The average molecular weight is 380 g/mol. The molecule has 0 aromatic heterocycles. The van der Waals surface area contributed by atoms with E-state index in [1.165, 1.54) is 18.4 Å². The van der Waals surface area contributed by atoms with E-state index in [1.54, 1.807) is 24.3 Å². The number of aliphatic hydroxyl groups excluding tert-OH is 1. The molecule has 3 rings (SSSR count). The van der Waals surface area contributed by atoms with E-state index in [0.717, 1.165) is 31.0 Å². The highest BCUT2D eigenvalue weighted by Crippen LogP contribution is 2.28. The molecule has 1 heterocycles. The number of aromatic hydroxyl groups is 1. The van der Waals surface area contributed by atoms with Gasteiger partial charge in [0, 0.05) is 6.04 Å². The van der Waals surface area contributed by atoms with Gasteiger partial charge in [-0.05, 0) is 68.5 Å². The molecule has 4 N–H and O–H groups in total. The Morgan fingerprint density at radius 3 is 2.15 bits per heavy atom. The van der Waals surface area contributed by atoms with Crippen molar-refractivity contribution in [1.29, 1.82) is 0 Å². The zero-order valence-electron chi connectivity index (χ0n) is 15.2. The first-order valence-corrected chi connectivity index (χ1v) is 8.88. The van der Waals surface area contributed by atoms with Gasteiger partial charge in [0.25, 0.3) is 0 Å². The van der Waals surface area contributed by atoms with Gasteiger partial charge < -0.3 is 15.7 Å². The van der Waals surface area contributed by atoms with E-state index >= 15 is 0 Å². The van der Waals surface area contributed by atoms with Crippen LogP contribution in [0, 0.1) is 5.92 Å². The van der Waals surface area contributed by atoms with Gasteiger partial charge in [-0.3, -0.25) is 4.90 Å². The summed E-state index contributed by atoms with van der Waals surface area (Å²) in [5.74, 6) is 0.974. The van der Waals surface area contributed by atoms with Crippen molar-refractivity contribution in [2.24, 2.45) is 5.92 Å². The van der Waals surface area contributed by atoms with Crippen LogP contribution in [0.3, 0.4) is 0 Å². The molecule has 1 aliphatic rings. The van der Waals surface area contributed by atoms with Crippen molar-refractivity contribution < 1.29 is 15.7 Å². The summed E-state index contributed by atoms with van der Waals surface area (Å²) in [7, 11) is 0. The standard InChI is InChI=1S/C21H27NO2.ClH.H2O/c1-16(21(24)19-7-9-20(23)10-8-19)22-13-11-18(12-14-22)15-17-5-3-2-4-6-17;;/h2-10,16,18,21,23-24H,11-15H2,1H3;1H;1H2. The molecule has 2 atom stereocenters. The van der Waals surface area contributed by atoms with Crippen LogP contribution in [0.4, 0.5) is 0 Å². The summed E-state index contributed by atoms with van der Waals surface area (Å²) in [5, 5.41) is 20.0. The molecule has 1 aliphatic heterocycles. The SMILES string of the molecule is CC(C(O)c1ccc(O)cc1)N1CCC(Cc2ccccc2)CC1.Cl.O. The quantitative estimate of drug-likeness (QED) is 0.836. The number of benzene rings is 2. The van der Waals surface area contributed by atoms with Crippen molar-refractivity contribution in [3.63, 3.8) is 0 Å². The molecule has 0 bridgehead atoms. The Bertz CT molecular complexity index is 627. The molecule has 1 saturated heterocycles. The third-order valence-electron chi connectivity index (χ3n) is 5.28. The van der Waals surface area contributed by atoms with E-state index in [-0.39, 0.29) is 29.7 Å². The van der Waals surface area contributed by atoms with Crippen molar-refractivity contribution in [2.75, 3.05) is 13.1 Å². The molecule has 5 heteroatoms. The number of hydrogen-bond acceptors (Lipinski definition) is 3. The lowest BCUT2D eigenvalue weighted by Gasteiger charge is -2.38. The van der Waals surface area contributed by atoms with Crippen LogP contribution >= 0.6 is 12.4 Å². The van der Waals surface area contributed by atoms with Gasteiger partial charge in [-0.1, -0.05) is 42.5 Å². The molecule has 0 aliphatic carbocycles. The molecule has 0 radical (unpaired) electrons. The second-order valence-corrected chi connectivity index (χ2v) is 6.95. The molecule has 2 unspecified atom stereocenters. The van der Waals surface area contributed by atoms with Crippen LogP contribution in [-0.4, -0.2) is 39.7 Å². The number of piperidine rings is 1. The fourth-order valence-corrected chi connectivity index (χ4v) is 3.66. The molecule has 26 heavy (non-hydrogen) atoms. The number of likely N-dealkylation sites (tertiary alicyclic amines) is 1. The number of aliphatic hydroxyl groups is 1. The molecule has 4 nitrogen and oxygen atoms in total. The maximum absolute atomic E-state index is 10.6. The summed E-state index contributed by atoms with van der Waals surface area (Å²) in [5.41, 5.74) is 2.29. The molecule has 0 amide bonds. The van der Waals surface area contributed by atoms with Crippen molar-refractivity contribution in [1.82, 2.24) is 4.90 Å². The van der Waals surface area contributed by atoms with Crippen LogP contribution in [0.25, 0.3) is 0 Å². The number of rotatable bonds is 5. The lowest BCUT2D eigenvalue weighted by molar-refractivity contribution is 0.0373. The van der Waals surface area contributed by atoms with E-state index in [0.29, 0.717) is 0 Å². The van der Waals surface area contributed by atoms with Crippen LogP contribution in [0.15, 0.2) is 54.6 Å². The van der Waals surface area contributed by atoms with E-state index in [1.807, 2.05) is 0 Å². The second kappa shape index (κ2) is 10.5. The number of phenols is 1. The van der Waals surface area contributed by atoms with Crippen molar-refractivity contribution >= 4 is 12.4 Å². The van der Waals surface area contributed by atoms with Gasteiger partial charge in [0.15, 0.2) is 0 Å². The zero-order chi connectivity index (χ0) is 16.9. The number of hydrogen-bond donors (Lipinski definition) is 2. The Hall–Kier alpha value is -1.59. The predicted octanol–water partition coefficient (Wildman–Crippen LogP) is 3.37. The van der Waals surface area contributed by atoms with Crippen molar-refractivity contribution in [2.45, 2.75) is 38.3 Å². The van der Waals surface area contributed by atoms with Gasteiger partial charge in [-0.15, -0.1) is 12.4 Å². The lowest BCUT2D eigenvalue weighted by atomic mass is 9.89. The minimum absolute atomic E-state index is 0. The van der Waals surface area contributed by atoms with Crippen LogP contribution in [-0.2, 0) is 6.42 Å². The minimum atomic E-state index is -0.517. The summed E-state index contributed by atoms with van der Waals surface area (Å²) < 4.78 is 0. The van der Waals surface area contributed by atoms with Crippen LogP contribution in [0.5, 0.6) is 5.75 Å². The molecular formula is C21H30ClNO3. The number of halogens is 1. The monoisotopic (exact) mass is 379 g/mol. The molecule has 1 fully saturated rings. The minimum Gasteiger partial charge on any atom is -0.508 e. The maximum Gasteiger partial charge on any atom is 0.115 e. The number of phenolic OH excluding ortho intramolecular Hbond substituents is 1. The van der Waals surface area contributed by atoms with Gasteiger partial charge in [0.2, 0.25) is 0 Å². The number of nitrogens with zero attached hydrogens (tertiary/aromatic N) is 1. The molecular weight excluding hydrogens is 350 g/mol. The summed E-state index contributed by atoms with van der Waals surface area (Å²) in [6.45, 7) is 4.16. The lowest BCUT2D eigenvalue weighted by Crippen LogP contribution is -2.43. The fourth-order valence-electron chi connectivity index (χ4n) is 3.66. The summed E-state index contributed by atoms with van der Waals surface area (Å²) in [6.07, 6.45) is 3.00. The normalized spacial score (nSPS) is 17.6. The highest BCUT2D eigenvalue weighted by atomic mass is 35.5. The molecule has 2 aromatic rings. The van der Waals surface area contributed by atoms with Crippen LogP contribution < -0.4 is 0 Å². The Morgan fingerprint density at radius 1 is 1.00 bits per heavy atom. The van der Waals surface area contributed by atoms with Crippen molar-refractivity contribution in [3.05, 3.63) is 65.7 Å². The highest BCUT2D eigenvalue weighted by molar-refractivity contribution is 5.85. The van der Waals surface area contributed by atoms with Gasteiger partial charge in [-0.25, -0.2) is 0 Å². The highest BCUT2D eigenvalue weighted by Gasteiger charge is 2.27. The van der Waals surface area contributed by atoms with Gasteiger partial charge in [-0.2, -0.15) is 0 Å².